The molecule has 1 N–H and O–H groups in total. The van der Waals surface area contributed by atoms with E-state index >= 15 is 0 Å². The standard InChI is InChI=1S/C17H27FN2/c1-5-7-19-17-6-8-20(14(4)13(17)3)16-10-12(2)9-15(18)11-16/h9-11,13-14,17,19H,5-8H2,1-4H3. The molecule has 2 rings (SSSR count). The third-order valence-electron chi connectivity index (χ3n) is 4.58. The maximum Gasteiger partial charge on any atom is 0.125 e. The lowest BCUT2D eigenvalue weighted by atomic mass is 9.86. The number of hydrogen-bond acceptors (Lipinski definition) is 2. The van der Waals surface area contributed by atoms with Gasteiger partial charge in [-0.25, -0.2) is 4.39 Å². The number of nitrogens with zero attached hydrogens (tertiary/aromatic N) is 1. The van der Waals surface area contributed by atoms with Crippen molar-refractivity contribution in [1.29, 1.82) is 0 Å². The van der Waals surface area contributed by atoms with Gasteiger partial charge in [-0.1, -0.05) is 13.8 Å². The number of hydrogen-bond donors (Lipinski definition) is 1. The van der Waals surface area contributed by atoms with Crippen LogP contribution in [0.25, 0.3) is 0 Å². The molecule has 0 amide bonds. The van der Waals surface area contributed by atoms with Gasteiger partial charge in [0.15, 0.2) is 0 Å². The van der Waals surface area contributed by atoms with E-state index < -0.39 is 0 Å². The fourth-order valence-electron chi connectivity index (χ4n) is 3.23. The Morgan fingerprint density at radius 3 is 2.70 bits per heavy atom. The Balaban J connectivity index is 2.11. The van der Waals surface area contributed by atoms with Crippen LogP contribution in [0, 0.1) is 18.7 Å². The van der Waals surface area contributed by atoms with Crippen LogP contribution >= 0.6 is 0 Å². The predicted octanol–water partition coefficient (Wildman–Crippen LogP) is 3.74. The summed E-state index contributed by atoms with van der Waals surface area (Å²) in [5.41, 5.74) is 2.02. The van der Waals surface area contributed by atoms with Crippen LogP contribution in [0.4, 0.5) is 10.1 Å². The van der Waals surface area contributed by atoms with Crippen molar-refractivity contribution >= 4 is 5.69 Å². The SMILES string of the molecule is CCCNC1CCN(c2cc(C)cc(F)c2)C(C)C1C. The highest BCUT2D eigenvalue weighted by molar-refractivity contribution is 5.50. The van der Waals surface area contributed by atoms with E-state index in [1.54, 1.807) is 12.1 Å². The third kappa shape index (κ3) is 3.32. The van der Waals surface area contributed by atoms with Crippen molar-refractivity contribution in [2.24, 2.45) is 5.92 Å². The zero-order chi connectivity index (χ0) is 14.7. The fraction of sp³-hybridized carbons (Fsp3) is 0.647. The Bertz CT molecular complexity index is 426. The highest BCUT2D eigenvalue weighted by Crippen LogP contribution is 2.29. The number of nitrogens with one attached hydrogen (secondary N) is 1. The Morgan fingerprint density at radius 2 is 2.05 bits per heavy atom. The average molecular weight is 278 g/mol. The van der Waals surface area contributed by atoms with Crippen LogP contribution in [0.3, 0.4) is 0 Å². The Morgan fingerprint density at radius 1 is 1.30 bits per heavy atom. The first-order valence-corrected chi connectivity index (χ1v) is 7.80. The molecule has 3 heteroatoms. The van der Waals surface area contributed by atoms with Gasteiger partial charge in [0.1, 0.15) is 5.82 Å². The van der Waals surface area contributed by atoms with E-state index in [4.69, 9.17) is 0 Å². The Labute approximate surface area is 122 Å². The zero-order valence-corrected chi connectivity index (χ0v) is 13.1. The van der Waals surface area contributed by atoms with Gasteiger partial charge >= 0.3 is 0 Å². The monoisotopic (exact) mass is 278 g/mol. The van der Waals surface area contributed by atoms with E-state index in [0.29, 0.717) is 18.0 Å². The first-order valence-electron chi connectivity index (χ1n) is 7.80. The van der Waals surface area contributed by atoms with Gasteiger partial charge in [-0.2, -0.15) is 0 Å². The molecule has 1 saturated heterocycles. The molecule has 1 aromatic carbocycles. The summed E-state index contributed by atoms with van der Waals surface area (Å²) in [6, 6.07) is 6.35. The average Bonchev–Trinajstić information content (AvgIpc) is 2.39. The topological polar surface area (TPSA) is 15.3 Å². The van der Waals surface area contributed by atoms with Gasteiger partial charge in [-0.3, -0.25) is 0 Å². The number of rotatable bonds is 4. The quantitative estimate of drug-likeness (QED) is 0.902. The largest absolute Gasteiger partial charge is 0.368 e. The molecule has 3 atom stereocenters. The second-order valence-corrected chi connectivity index (χ2v) is 6.13. The molecule has 1 aliphatic heterocycles. The van der Waals surface area contributed by atoms with Crippen molar-refractivity contribution < 1.29 is 4.39 Å². The lowest BCUT2D eigenvalue weighted by Gasteiger charge is -2.44. The summed E-state index contributed by atoms with van der Waals surface area (Å²) in [4.78, 5) is 2.35. The number of anilines is 1. The molecule has 0 spiro atoms. The Kier molecular flexibility index (Phi) is 5.03. The van der Waals surface area contributed by atoms with Crippen molar-refractivity contribution in [2.45, 2.75) is 52.6 Å². The predicted molar refractivity (Wildman–Crippen MR) is 83.8 cm³/mol. The lowest BCUT2D eigenvalue weighted by Crippen LogP contribution is -2.53. The van der Waals surface area contributed by atoms with E-state index in [1.165, 1.54) is 6.42 Å². The highest BCUT2D eigenvalue weighted by Gasteiger charge is 2.32. The summed E-state index contributed by atoms with van der Waals surface area (Å²) in [6.45, 7) is 10.8. The van der Waals surface area contributed by atoms with E-state index in [9.17, 15) is 4.39 Å². The van der Waals surface area contributed by atoms with Crippen molar-refractivity contribution in [2.75, 3.05) is 18.0 Å². The van der Waals surface area contributed by atoms with Crippen LogP contribution in [-0.4, -0.2) is 25.2 Å². The van der Waals surface area contributed by atoms with Crippen LogP contribution in [-0.2, 0) is 0 Å². The second kappa shape index (κ2) is 6.57. The maximum absolute atomic E-state index is 13.6. The van der Waals surface area contributed by atoms with Gasteiger partial charge in [0.2, 0.25) is 0 Å². The second-order valence-electron chi connectivity index (χ2n) is 6.13. The van der Waals surface area contributed by atoms with Crippen molar-refractivity contribution in [3.63, 3.8) is 0 Å². The molecular formula is C17H27FN2. The van der Waals surface area contributed by atoms with Crippen LogP contribution in [0.1, 0.15) is 39.2 Å². The number of aryl methyl sites for hydroxylation is 1. The smallest absolute Gasteiger partial charge is 0.125 e. The van der Waals surface area contributed by atoms with Crippen LogP contribution in [0.2, 0.25) is 0 Å². The van der Waals surface area contributed by atoms with E-state index in [0.717, 1.165) is 30.8 Å². The summed E-state index contributed by atoms with van der Waals surface area (Å²) in [6.07, 6.45) is 2.30. The molecule has 112 valence electrons. The van der Waals surface area contributed by atoms with Crippen molar-refractivity contribution in [3.8, 4) is 0 Å². The molecule has 1 aliphatic rings. The molecule has 3 unspecified atom stereocenters. The molecular weight excluding hydrogens is 251 g/mol. The molecule has 0 saturated carbocycles. The first kappa shape index (κ1) is 15.3. The van der Waals surface area contributed by atoms with Crippen molar-refractivity contribution in [3.05, 3.63) is 29.6 Å². The third-order valence-corrected chi connectivity index (χ3v) is 4.58. The minimum atomic E-state index is -0.133. The Hall–Kier alpha value is -1.09. The molecule has 2 nitrogen and oxygen atoms in total. The molecule has 20 heavy (non-hydrogen) atoms. The van der Waals surface area contributed by atoms with Gasteiger partial charge in [0, 0.05) is 24.3 Å². The zero-order valence-electron chi connectivity index (χ0n) is 13.1. The molecule has 1 fully saturated rings. The van der Waals surface area contributed by atoms with Gasteiger partial charge in [-0.05, 0) is 62.9 Å². The van der Waals surface area contributed by atoms with Gasteiger partial charge in [-0.15, -0.1) is 0 Å². The summed E-state index contributed by atoms with van der Waals surface area (Å²) >= 11 is 0. The number of piperidine rings is 1. The minimum absolute atomic E-state index is 0.133. The number of benzene rings is 1. The normalized spacial score (nSPS) is 26.9. The molecule has 0 aliphatic carbocycles. The lowest BCUT2D eigenvalue weighted by molar-refractivity contribution is 0.271. The summed E-state index contributed by atoms with van der Waals surface area (Å²) in [5, 5.41) is 3.65. The summed E-state index contributed by atoms with van der Waals surface area (Å²) in [7, 11) is 0. The number of halogens is 1. The first-order chi connectivity index (χ1) is 9.52. The summed E-state index contributed by atoms with van der Waals surface area (Å²) in [5.74, 6) is 0.435. The fourth-order valence-corrected chi connectivity index (χ4v) is 3.23. The van der Waals surface area contributed by atoms with Crippen LogP contribution in [0.15, 0.2) is 18.2 Å². The van der Waals surface area contributed by atoms with Crippen LogP contribution in [0.5, 0.6) is 0 Å². The molecule has 1 aromatic rings. The molecule has 0 radical (unpaired) electrons. The van der Waals surface area contributed by atoms with Crippen LogP contribution < -0.4 is 10.2 Å². The van der Waals surface area contributed by atoms with E-state index in [2.05, 4.69) is 37.1 Å². The van der Waals surface area contributed by atoms with Gasteiger partial charge in [0.05, 0.1) is 0 Å². The van der Waals surface area contributed by atoms with Crippen molar-refractivity contribution in [1.82, 2.24) is 5.32 Å². The van der Waals surface area contributed by atoms with Gasteiger partial charge < -0.3 is 10.2 Å². The molecule has 1 heterocycles. The van der Waals surface area contributed by atoms with E-state index in [-0.39, 0.29) is 5.82 Å². The highest BCUT2D eigenvalue weighted by atomic mass is 19.1. The summed E-state index contributed by atoms with van der Waals surface area (Å²) < 4.78 is 13.6. The van der Waals surface area contributed by atoms with Gasteiger partial charge in [0.25, 0.3) is 0 Å². The molecule has 0 aromatic heterocycles. The minimum Gasteiger partial charge on any atom is -0.368 e. The maximum atomic E-state index is 13.6. The van der Waals surface area contributed by atoms with E-state index in [1.807, 2.05) is 6.92 Å². The molecule has 0 bridgehead atoms.